The molecular formula is C14H11F2NO3S. The molecule has 110 valence electrons. The number of hydrogen-bond acceptors (Lipinski definition) is 3. The number of thiophene rings is 1. The predicted octanol–water partition coefficient (Wildman–Crippen LogP) is 2.89. The van der Waals surface area contributed by atoms with Crippen molar-refractivity contribution in [1.82, 2.24) is 5.32 Å². The van der Waals surface area contributed by atoms with E-state index in [-0.39, 0.29) is 5.56 Å². The fraction of sp³-hybridized carbons (Fsp3) is 0.143. The van der Waals surface area contributed by atoms with Crippen molar-refractivity contribution < 1.29 is 23.5 Å². The van der Waals surface area contributed by atoms with Crippen LogP contribution in [0.15, 0.2) is 29.6 Å². The maximum atomic E-state index is 13.6. The van der Waals surface area contributed by atoms with Gasteiger partial charge in [0, 0.05) is 10.9 Å². The van der Waals surface area contributed by atoms with Gasteiger partial charge < -0.3 is 10.4 Å². The summed E-state index contributed by atoms with van der Waals surface area (Å²) in [4.78, 5) is 23.6. The van der Waals surface area contributed by atoms with E-state index in [4.69, 9.17) is 5.11 Å². The molecule has 1 heterocycles. The van der Waals surface area contributed by atoms with Gasteiger partial charge >= 0.3 is 5.97 Å². The summed E-state index contributed by atoms with van der Waals surface area (Å²) in [6.45, 7) is 1.39. The van der Waals surface area contributed by atoms with E-state index in [9.17, 15) is 18.4 Å². The first-order chi connectivity index (χ1) is 9.90. The third-order valence-corrected chi connectivity index (χ3v) is 3.78. The normalized spacial score (nSPS) is 12.0. The highest BCUT2D eigenvalue weighted by atomic mass is 32.1. The lowest BCUT2D eigenvalue weighted by molar-refractivity contribution is -0.139. The van der Waals surface area contributed by atoms with Crippen molar-refractivity contribution >= 4 is 23.2 Å². The van der Waals surface area contributed by atoms with Crippen LogP contribution in [-0.4, -0.2) is 17.0 Å². The van der Waals surface area contributed by atoms with Crippen LogP contribution in [0, 0.1) is 18.6 Å². The minimum atomic E-state index is -1.28. The molecule has 1 amide bonds. The summed E-state index contributed by atoms with van der Waals surface area (Å²) in [7, 11) is 0. The smallest absolute Gasteiger partial charge is 0.331 e. The molecule has 1 atom stereocenters. The Hall–Kier alpha value is -2.28. The number of aryl methyl sites for hydroxylation is 1. The molecule has 2 aromatic rings. The molecule has 7 heteroatoms. The van der Waals surface area contributed by atoms with Gasteiger partial charge in [0.2, 0.25) is 0 Å². The minimum absolute atomic E-state index is 0.101. The second kappa shape index (κ2) is 6.01. The van der Waals surface area contributed by atoms with Crippen molar-refractivity contribution in [1.29, 1.82) is 0 Å². The van der Waals surface area contributed by atoms with Gasteiger partial charge in [-0.1, -0.05) is 6.07 Å². The highest BCUT2D eigenvalue weighted by Crippen LogP contribution is 2.21. The quantitative estimate of drug-likeness (QED) is 0.912. The highest BCUT2D eigenvalue weighted by Gasteiger charge is 2.25. The van der Waals surface area contributed by atoms with Crippen molar-refractivity contribution in [2.75, 3.05) is 0 Å². The summed E-state index contributed by atoms with van der Waals surface area (Å²) in [5, 5.41) is 13.0. The van der Waals surface area contributed by atoms with Crippen molar-refractivity contribution in [2.45, 2.75) is 13.0 Å². The Morgan fingerprint density at radius 1 is 1.29 bits per heavy atom. The van der Waals surface area contributed by atoms with E-state index in [0.717, 1.165) is 17.4 Å². The molecule has 2 N–H and O–H groups in total. The van der Waals surface area contributed by atoms with E-state index >= 15 is 0 Å². The molecule has 4 nitrogen and oxygen atoms in total. The summed E-state index contributed by atoms with van der Waals surface area (Å²) >= 11 is 1.16. The number of carbonyl (C=O) groups excluding carboxylic acids is 1. The molecule has 0 radical (unpaired) electrons. The molecule has 0 bridgehead atoms. The van der Waals surface area contributed by atoms with Gasteiger partial charge in [0.15, 0.2) is 6.04 Å². The fourth-order valence-corrected chi connectivity index (χ4v) is 2.52. The van der Waals surface area contributed by atoms with Crippen molar-refractivity contribution in [3.63, 3.8) is 0 Å². The summed E-state index contributed by atoms with van der Waals surface area (Å²) in [5.41, 5.74) is -0.291. The zero-order valence-electron chi connectivity index (χ0n) is 10.9. The average Bonchev–Trinajstić information content (AvgIpc) is 2.93. The fourth-order valence-electron chi connectivity index (χ4n) is 1.75. The number of carbonyl (C=O) groups is 2. The molecule has 0 aliphatic rings. The zero-order valence-corrected chi connectivity index (χ0v) is 11.7. The SMILES string of the molecule is Cc1cc(C(=O)NC(C(=O)O)c2cccs2)c(F)cc1F. The number of rotatable bonds is 4. The average molecular weight is 311 g/mol. The number of carboxylic acid groups (broad SMARTS) is 1. The van der Waals surface area contributed by atoms with E-state index in [1.54, 1.807) is 17.5 Å². The van der Waals surface area contributed by atoms with Crippen LogP contribution in [0.5, 0.6) is 0 Å². The van der Waals surface area contributed by atoms with Gasteiger partial charge in [0.05, 0.1) is 5.56 Å². The molecule has 1 aromatic heterocycles. The summed E-state index contributed by atoms with van der Waals surface area (Å²) in [6.07, 6.45) is 0. The molecule has 0 saturated carbocycles. The minimum Gasteiger partial charge on any atom is -0.479 e. The van der Waals surface area contributed by atoms with Gasteiger partial charge in [-0.2, -0.15) is 0 Å². The Kier molecular flexibility index (Phi) is 4.32. The summed E-state index contributed by atoms with van der Waals surface area (Å²) < 4.78 is 26.8. The second-order valence-electron chi connectivity index (χ2n) is 4.34. The predicted molar refractivity (Wildman–Crippen MR) is 73.3 cm³/mol. The van der Waals surface area contributed by atoms with Crippen LogP contribution in [0.3, 0.4) is 0 Å². The lowest BCUT2D eigenvalue weighted by atomic mass is 10.1. The second-order valence-corrected chi connectivity index (χ2v) is 5.32. The number of benzene rings is 1. The number of carboxylic acids is 1. The molecule has 1 unspecified atom stereocenters. The summed E-state index contributed by atoms with van der Waals surface area (Å²) in [6, 6.07) is 3.57. The number of hydrogen-bond donors (Lipinski definition) is 2. The highest BCUT2D eigenvalue weighted by molar-refractivity contribution is 7.10. The van der Waals surface area contributed by atoms with Crippen LogP contribution in [0.1, 0.15) is 26.8 Å². The first-order valence-electron chi connectivity index (χ1n) is 5.93. The first-order valence-corrected chi connectivity index (χ1v) is 6.81. The maximum absolute atomic E-state index is 13.6. The van der Waals surface area contributed by atoms with E-state index in [0.29, 0.717) is 10.9 Å². The number of nitrogens with one attached hydrogen (secondary N) is 1. The van der Waals surface area contributed by atoms with Crippen LogP contribution in [-0.2, 0) is 4.79 Å². The number of aliphatic carboxylic acids is 1. The Bertz CT molecular complexity index is 686. The molecule has 0 fully saturated rings. The zero-order chi connectivity index (χ0) is 15.6. The van der Waals surface area contributed by atoms with E-state index < -0.39 is 35.1 Å². The summed E-state index contributed by atoms with van der Waals surface area (Å²) in [5.74, 6) is -3.97. The largest absolute Gasteiger partial charge is 0.479 e. The molecule has 0 saturated heterocycles. The van der Waals surface area contributed by atoms with Crippen LogP contribution in [0.4, 0.5) is 8.78 Å². The van der Waals surface area contributed by atoms with E-state index in [1.807, 2.05) is 0 Å². The van der Waals surface area contributed by atoms with Crippen molar-refractivity contribution in [2.24, 2.45) is 0 Å². The van der Waals surface area contributed by atoms with Crippen molar-refractivity contribution in [3.8, 4) is 0 Å². The molecule has 21 heavy (non-hydrogen) atoms. The standard InChI is InChI=1S/C14H11F2NO3S/c1-7-5-8(10(16)6-9(7)15)13(18)17-12(14(19)20)11-3-2-4-21-11/h2-6,12H,1H3,(H,17,18)(H,19,20). The number of halogens is 2. The third-order valence-electron chi connectivity index (χ3n) is 2.84. The molecule has 0 aliphatic carbocycles. The van der Waals surface area contributed by atoms with Gasteiger partial charge in [-0.3, -0.25) is 4.79 Å². The third kappa shape index (κ3) is 3.25. The van der Waals surface area contributed by atoms with Gasteiger partial charge in [0.1, 0.15) is 11.6 Å². The van der Waals surface area contributed by atoms with Gasteiger partial charge in [0.25, 0.3) is 5.91 Å². The lowest BCUT2D eigenvalue weighted by Crippen LogP contribution is -2.33. The molecule has 2 rings (SSSR count). The Morgan fingerprint density at radius 3 is 2.57 bits per heavy atom. The Morgan fingerprint density at radius 2 is 2.00 bits per heavy atom. The van der Waals surface area contributed by atoms with E-state index in [1.165, 1.54) is 6.92 Å². The topological polar surface area (TPSA) is 66.4 Å². The number of amides is 1. The molecule has 1 aromatic carbocycles. The monoisotopic (exact) mass is 311 g/mol. The first kappa shape index (κ1) is 15.1. The maximum Gasteiger partial charge on any atom is 0.331 e. The Labute approximate surface area is 123 Å². The molecule has 0 aliphatic heterocycles. The van der Waals surface area contributed by atoms with Gasteiger partial charge in [-0.05, 0) is 30.0 Å². The Balaban J connectivity index is 2.28. The van der Waals surface area contributed by atoms with Crippen LogP contribution in [0.2, 0.25) is 0 Å². The van der Waals surface area contributed by atoms with E-state index in [2.05, 4.69) is 5.32 Å². The van der Waals surface area contributed by atoms with Crippen LogP contribution < -0.4 is 5.32 Å². The van der Waals surface area contributed by atoms with Gasteiger partial charge in [-0.25, -0.2) is 13.6 Å². The molecule has 0 spiro atoms. The molecular weight excluding hydrogens is 300 g/mol. The lowest BCUT2D eigenvalue weighted by Gasteiger charge is -2.13. The van der Waals surface area contributed by atoms with Crippen LogP contribution in [0.25, 0.3) is 0 Å². The van der Waals surface area contributed by atoms with Crippen molar-refractivity contribution in [3.05, 3.63) is 57.3 Å². The van der Waals surface area contributed by atoms with Gasteiger partial charge in [-0.15, -0.1) is 11.3 Å². The van der Waals surface area contributed by atoms with Crippen LogP contribution >= 0.6 is 11.3 Å².